The van der Waals surface area contributed by atoms with Gasteiger partial charge in [-0.05, 0) is 20.0 Å². The Balaban J connectivity index is 2.63. The van der Waals surface area contributed by atoms with Crippen molar-refractivity contribution in [3.05, 3.63) is 17.8 Å². The van der Waals surface area contributed by atoms with Gasteiger partial charge in [-0.3, -0.25) is 9.69 Å². The lowest BCUT2D eigenvalue weighted by Crippen LogP contribution is -2.46. The number of nitrogens with zero attached hydrogens (tertiary/aromatic N) is 2. The van der Waals surface area contributed by atoms with Gasteiger partial charge in [-0.1, -0.05) is 34.6 Å². The van der Waals surface area contributed by atoms with Crippen LogP contribution in [0.15, 0.2) is 10.6 Å². The molecule has 1 amide bonds. The Morgan fingerprint density at radius 1 is 1.40 bits per heavy atom. The van der Waals surface area contributed by atoms with Crippen molar-refractivity contribution in [1.82, 2.24) is 15.2 Å². The molecule has 1 aromatic heterocycles. The maximum atomic E-state index is 12.2. The zero-order chi connectivity index (χ0) is 15.5. The van der Waals surface area contributed by atoms with Gasteiger partial charge in [0.05, 0.1) is 18.8 Å². The third-order valence-electron chi connectivity index (χ3n) is 3.16. The predicted octanol–water partition coefficient (Wildman–Crippen LogP) is 2.17. The van der Waals surface area contributed by atoms with Crippen LogP contribution >= 0.6 is 0 Å². The van der Waals surface area contributed by atoms with Gasteiger partial charge in [0.1, 0.15) is 5.76 Å². The maximum Gasteiger partial charge on any atom is 0.238 e. The van der Waals surface area contributed by atoms with Crippen molar-refractivity contribution < 1.29 is 9.21 Å². The third-order valence-corrected chi connectivity index (χ3v) is 3.16. The van der Waals surface area contributed by atoms with Crippen molar-refractivity contribution in [1.29, 1.82) is 0 Å². The molecule has 1 rings (SSSR count). The van der Waals surface area contributed by atoms with Crippen LogP contribution in [0.5, 0.6) is 0 Å². The lowest BCUT2D eigenvalue weighted by atomic mass is 9.94. The highest BCUT2D eigenvalue weighted by Crippen LogP contribution is 2.22. The molecule has 0 spiro atoms. The first-order valence-electron chi connectivity index (χ1n) is 7.02. The fourth-order valence-electron chi connectivity index (χ4n) is 2.14. The van der Waals surface area contributed by atoms with Gasteiger partial charge in [0.15, 0.2) is 0 Å². The van der Waals surface area contributed by atoms with E-state index in [1.807, 2.05) is 32.8 Å². The molecular weight excluding hydrogens is 254 g/mol. The van der Waals surface area contributed by atoms with Crippen molar-refractivity contribution in [2.45, 2.75) is 52.6 Å². The minimum atomic E-state index is -0.146. The van der Waals surface area contributed by atoms with E-state index in [-0.39, 0.29) is 23.3 Å². The van der Waals surface area contributed by atoms with Crippen LogP contribution in [-0.4, -0.2) is 35.9 Å². The molecule has 5 nitrogen and oxygen atoms in total. The molecule has 5 heteroatoms. The van der Waals surface area contributed by atoms with Gasteiger partial charge in [0.25, 0.3) is 0 Å². The lowest BCUT2D eigenvalue weighted by molar-refractivity contribution is -0.127. The van der Waals surface area contributed by atoms with Gasteiger partial charge in [-0.2, -0.15) is 0 Å². The van der Waals surface area contributed by atoms with Crippen molar-refractivity contribution >= 4 is 5.91 Å². The van der Waals surface area contributed by atoms with Gasteiger partial charge >= 0.3 is 0 Å². The summed E-state index contributed by atoms with van der Waals surface area (Å²) in [4.78, 5) is 18.3. The van der Waals surface area contributed by atoms with E-state index in [0.717, 1.165) is 5.76 Å². The maximum absolute atomic E-state index is 12.2. The molecule has 0 aliphatic heterocycles. The number of aromatic nitrogens is 1. The van der Waals surface area contributed by atoms with Crippen LogP contribution in [0.3, 0.4) is 0 Å². The SMILES string of the molecule is CC(C)[C@@H](C(=O)NCc1ncc(C(C)(C)C)o1)N(C)C. The summed E-state index contributed by atoms with van der Waals surface area (Å²) in [5, 5.41) is 2.89. The monoisotopic (exact) mass is 281 g/mol. The molecule has 1 heterocycles. The van der Waals surface area contributed by atoms with Crippen LogP contribution in [0.2, 0.25) is 0 Å². The van der Waals surface area contributed by atoms with E-state index in [4.69, 9.17) is 4.42 Å². The Labute approximate surface area is 121 Å². The fraction of sp³-hybridized carbons (Fsp3) is 0.733. The number of hydrogen-bond donors (Lipinski definition) is 1. The van der Waals surface area contributed by atoms with Crippen LogP contribution in [-0.2, 0) is 16.8 Å². The summed E-state index contributed by atoms with van der Waals surface area (Å²) in [6, 6.07) is -0.146. The lowest BCUT2D eigenvalue weighted by Gasteiger charge is -2.26. The average Bonchev–Trinajstić information content (AvgIpc) is 2.73. The van der Waals surface area contributed by atoms with Gasteiger partial charge in [-0.15, -0.1) is 0 Å². The van der Waals surface area contributed by atoms with Gasteiger partial charge in [0.2, 0.25) is 11.8 Å². The van der Waals surface area contributed by atoms with Crippen LogP contribution in [0, 0.1) is 5.92 Å². The van der Waals surface area contributed by atoms with Crippen LogP contribution < -0.4 is 5.32 Å². The highest BCUT2D eigenvalue weighted by atomic mass is 16.4. The number of oxazole rings is 1. The van der Waals surface area contributed by atoms with E-state index in [0.29, 0.717) is 12.4 Å². The Hall–Kier alpha value is -1.36. The molecule has 0 saturated carbocycles. The first kappa shape index (κ1) is 16.7. The summed E-state index contributed by atoms with van der Waals surface area (Å²) in [6.07, 6.45) is 1.73. The second-order valence-electron chi connectivity index (χ2n) is 6.74. The normalized spacial score (nSPS) is 13.8. The third kappa shape index (κ3) is 4.34. The first-order chi connectivity index (χ1) is 9.12. The first-order valence-corrected chi connectivity index (χ1v) is 7.02. The molecule has 1 atom stereocenters. The summed E-state index contributed by atoms with van der Waals surface area (Å²) in [5.41, 5.74) is -0.0701. The van der Waals surface area contributed by atoms with Gasteiger partial charge in [-0.25, -0.2) is 4.98 Å². The number of likely N-dealkylation sites (N-methyl/N-ethyl adjacent to an activating group) is 1. The molecule has 0 aliphatic carbocycles. The van der Waals surface area contributed by atoms with Crippen molar-refractivity contribution in [3.8, 4) is 0 Å². The summed E-state index contributed by atoms with van der Waals surface area (Å²) in [5.74, 6) is 1.62. The van der Waals surface area contributed by atoms with E-state index in [1.165, 1.54) is 0 Å². The van der Waals surface area contributed by atoms with Crippen molar-refractivity contribution in [2.75, 3.05) is 14.1 Å². The number of amides is 1. The Bertz CT molecular complexity index is 436. The number of nitrogens with one attached hydrogen (secondary N) is 1. The van der Waals surface area contributed by atoms with Crippen molar-refractivity contribution in [2.24, 2.45) is 5.92 Å². The van der Waals surface area contributed by atoms with E-state index < -0.39 is 0 Å². The minimum absolute atomic E-state index is 0.000471. The Morgan fingerprint density at radius 3 is 2.40 bits per heavy atom. The molecule has 0 bridgehead atoms. The summed E-state index contributed by atoms with van der Waals surface area (Å²) >= 11 is 0. The molecule has 0 saturated heterocycles. The number of hydrogen-bond acceptors (Lipinski definition) is 4. The number of rotatable bonds is 5. The van der Waals surface area contributed by atoms with Crippen LogP contribution in [0.1, 0.15) is 46.3 Å². The highest BCUT2D eigenvalue weighted by Gasteiger charge is 2.24. The quantitative estimate of drug-likeness (QED) is 0.898. The second-order valence-corrected chi connectivity index (χ2v) is 6.74. The van der Waals surface area contributed by atoms with E-state index in [9.17, 15) is 4.79 Å². The molecule has 1 aromatic rings. The summed E-state index contributed by atoms with van der Waals surface area (Å²) in [6.45, 7) is 10.6. The molecule has 114 valence electrons. The highest BCUT2D eigenvalue weighted by molar-refractivity contribution is 5.81. The molecule has 1 N–H and O–H groups in total. The molecule has 20 heavy (non-hydrogen) atoms. The van der Waals surface area contributed by atoms with E-state index in [1.54, 1.807) is 6.20 Å². The zero-order valence-electron chi connectivity index (χ0n) is 13.7. The molecule has 0 radical (unpaired) electrons. The molecule has 0 fully saturated rings. The molecular formula is C15H27N3O2. The molecule has 0 unspecified atom stereocenters. The zero-order valence-corrected chi connectivity index (χ0v) is 13.7. The van der Waals surface area contributed by atoms with Gasteiger partial charge in [0, 0.05) is 5.41 Å². The molecule has 0 aliphatic rings. The van der Waals surface area contributed by atoms with E-state index in [2.05, 4.69) is 31.1 Å². The smallest absolute Gasteiger partial charge is 0.238 e. The van der Waals surface area contributed by atoms with E-state index >= 15 is 0 Å². The van der Waals surface area contributed by atoms with Crippen molar-refractivity contribution in [3.63, 3.8) is 0 Å². The second kappa shape index (κ2) is 6.39. The fourth-order valence-corrected chi connectivity index (χ4v) is 2.14. The van der Waals surface area contributed by atoms with Crippen LogP contribution in [0.4, 0.5) is 0 Å². The van der Waals surface area contributed by atoms with Crippen LogP contribution in [0.25, 0.3) is 0 Å². The molecule has 0 aromatic carbocycles. The predicted molar refractivity (Wildman–Crippen MR) is 79.4 cm³/mol. The number of carbonyl (C=O) groups excluding carboxylic acids is 1. The standard InChI is InChI=1S/C15H27N3O2/c1-10(2)13(18(6)7)14(19)17-9-12-16-8-11(20-12)15(3,4)5/h8,10,13H,9H2,1-7H3,(H,17,19)/t13-/m0/s1. The number of carbonyl (C=O) groups is 1. The summed E-state index contributed by atoms with van der Waals surface area (Å²) in [7, 11) is 3.82. The Morgan fingerprint density at radius 2 is 2.00 bits per heavy atom. The summed E-state index contributed by atoms with van der Waals surface area (Å²) < 4.78 is 5.66. The largest absolute Gasteiger partial charge is 0.443 e. The average molecular weight is 281 g/mol. The van der Waals surface area contributed by atoms with Gasteiger partial charge < -0.3 is 9.73 Å². The minimum Gasteiger partial charge on any atom is -0.443 e. The topological polar surface area (TPSA) is 58.4 Å². The Kier molecular flexibility index (Phi) is 5.34.